The fraction of sp³-hybridized carbons (Fsp3) is 0.533. The number of nitrogens with one attached hydrogen (secondary N) is 1. The van der Waals surface area contributed by atoms with Crippen molar-refractivity contribution >= 4 is 15.9 Å². The van der Waals surface area contributed by atoms with Crippen LogP contribution in [0.25, 0.3) is 0 Å². The Balaban J connectivity index is 2.21. The first-order valence-electron chi connectivity index (χ1n) is 7.05. The van der Waals surface area contributed by atoms with Crippen LogP contribution in [0.2, 0.25) is 0 Å². The number of primary amides is 1. The van der Waals surface area contributed by atoms with Crippen LogP contribution in [0.4, 0.5) is 0 Å². The van der Waals surface area contributed by atoms with Crippen molar-refractivity contribution in [2.75, 3.05) is 13.2 Å². The van der Waals surface area contributed by atoms with Crippen molar-refractivity contribution in [3.05, 3.63) is 29.8 Å². The number of carbonyl (C=O) groups is 1. The highest BCUT2D eigenvalue weighted by molar-refractivity contribution is 7.89. The Morgan fingerprint density at radius 3 is 2.18 bits per heavy atom. The first-order valence-corrected chi connectivity index (χ1v) is 8.53. The lowest BCUT2D eigenvalue weighted by Gasteiger charge is -2.40. The van der Waals surface area contributed by atoms with Crippen molar-refractivity contribution in [3.63, 3.8) is 0 Å². The van der Waals surface area contributed by atoms with E-state index >= 15 is 0 Å². The van der Waals surface area contributed by atoms with Crippen molar-refractivity contribution in [3.8, 4) is 0 Å². The van der Waals surface area contributed by atoms with Crippen molar-refractivity contribution in [2.45, 2.75) is 43.0 Å². The Labute approximate surface area is 131 Å². The van der Waals surface area contributed by atoms with Crippen LogP contribution in [0.3, 0.4) is 0 Å². The lowest BCUT2D eigenvalue weighted by Crippen LogP contribution is -2.63. The van der Waals surface area contributed by atoms with Crippen LogP contribution in [0.1, 0.15) is 32.8 Å². The standard InChI is InChI=1S/C15H22N2O4S/c1-14(2,3)11-4-6-12(7-5-11)22(19,20)17-15(8-13(16)18)9-21-10-15/h4-7,17H,8-10H2,1-3H3,(H2,16,18). The molecule has 1 aliphatic heterocycles. The molecule has 0 saturated carbocycles. The van der Waals surface area contributed by atoms with Gasteiger partial charge >= 0.3 is 0 Å². The predicted molar refractivity (Wildman–Crippen MR) is 82.8 cm³/mol. The summed E-state index contributed by atoms with van der Waals surface area (Å²) in [5, 5.41) is 0. The molecule has 0 unspecified atom stereocenters. The van der Waals surface area contributed by atoms with Gasteiger partial charge in [-0.05, 0) is 23.1 Å². The van der Waals surface area contributed by atoms with E-state index in [-0.39, 0.29) is 29.9 Å². The number of sulfonamides is 1. The summed E-state index contributed by atoms with van der Waals surface area (Å²) in [5.41, 5.74) is 5.26. The highest BCUT2D eigenvalue weighted by Crippen LogP contribution is 2.26. The molecule has 0 atom stereocenters. The first-order chi connectivity index (χ1) is 10.0. The Morgan fingerprint density at radius 1 is 1.27 bits per heavy atom. The molecule has 7 heteroatoms. The maximum Gasteiger partial charge on any atom is 0.241 e. The normalized spacial score (nSPS) is 17.8. The summed E-state index contributed by atoms with van der Waals surface area (Å²) in [6.07, 6.45) is -0.0771. The van der Waals surface area contributed by atoms with E-state index in [0.29, 0.717) is 0 Å². The third-order valence-electron chi connectivity index (χ3n) is 3.65. The zero-order valence-corrected chi connectivity index (χ0v) is 13.9. The largest absolute Gasteiger partial charge is 0.377 e. The molecule has 22 heavy (non-hydrogen) atoms. The lowest BCUT2D eigenvalue weighted by molar-refractivity contribution is -0.126. The van der Waals surface area contributed by atoms with Gasteiger partial charge in [-0.2, -0.15) is 4.72 Å². The summed E-state index contributed by atoms with van der Waals surface area (Å²) in [5.74, 6) is -0.561. The molecule has 0 radical (unpaired) electrons. The quantitative estimate of drug-likeness (QED) is 0.840. The molecular weight excluding hydrogens is 304 g/mol. The van der Waals surface area contributed by atoms with Crippen molar-refractivity contribution in [1.82, 2.24) is 4.72 Å². The van der Waals surface area contributed by atoms with Crippen molar-refractivity contribution in [2.24, 2.45) is 5.73 Å². The van der Waals surface area contributed by atoms with E-state index in [9.17, 15) is 13.2 Å². The Hall–Kier alpha value is -1.44. The molecule has 1 aliphatic rings. The third kappa shape index (κ3) is 3.66. The van der Waals surface area contributed by atoms with Gasteiger partial charge in [0.2, 0.25) is 15.9 Å². The molecular formula is C15H22N2O4S. The van der Waals surface area contributed by atoms with Crippen LogP contribution in [0.15, 0.2) is 29.2 Å². The molecule has 0 aliphatic carbocycles. The molecule has 1 aromatic rings. The second-order valence-electron chi connectivity index (χ2n) is 6.80. The summed E-state index contributed by atoms with van der Waals surface area (Å²) >= 11 is 0. The zero-order valence-electron chi connectivity index (χ0n) is 13.0. The monoisotopic (exact) mass is 326 g/mol. The molecule has 0 bridgehead atoms. The van der Waals surface area contributed by atoms with E-state index in [1.165, 1.54) is 0 Å². The van der Waals surface area contributed by atoms with Crippen LogP contribution in [0, 0.1) is 0 Å². The van der Waals surface area contributed by atoms with Gasteiger partial charge in [-0.3, -0.25) is 4.79 Å². The smallest absolute Gasteiger partial charge is 0.241 e. The number of rotatable bonds is 5. The van der Waals surface area contributed by atoms with Gasteiger partial charge in [-0.1, -0.05) is 32.9 Å². The minimum atomic E-state index is -3.72. The molecule has 1 aromatic carbocycles. The fourth-order valence-corrected chi connectivity index (χ4v) is 3.73. The number of amides is 1. The SMILES string of the molecule is CC(C)(C)c1ccc(S(=O)(=O)NC2(CC(N)=O)COC2)cc1. The number of hydrogen-bond donors (Lipinski definition) is 2. The zero-order chi connectivity index (χ0) is 16.6. The van der Waals surface area contributed by atoms with Gasteiger partial charge in [0.25, 0.3) is 0 Å². The molecule has 1 saturated heterocycles. The van der Waals surface area contributed by atoms with Crippen molar-refractivity contribution < 1.29 is 17.9 Å². The number of carbonyl (C=O) groups excluding carboxylic acids is 1. The second kappa shape index (κ2) is 5.64. The molecule has 1 amide bonds. The summed E-state index contributed by atoms with van der Waals surface area (Å²) in [7, 11) is -3.72. The van der Waals surface area contributed by atoms with Crippen LogP contribution in [-0.4, -0.2) is 33.1 Å². The van der Waals surface area contributed by atoms with Crippen LogP contribution in [0.5, 0.6) is 0 Å². The van der Waals surface area contributed by atoms with Crippen LogP contribution >= 0.6 is 0 Å². The van der Waals surface area contributed by atoms with Crippen LogP contribution < -0.4 is 10.5 Å². The average Bonchev–Trinajstić information content (AvgIpc) is 2.34. The van der Waals surface area contributed by atoms with Gasteiger partial charge in [0, 0.05) is 0 Å². The highest BCUT2D eigenvalue weighted by Gasteiger charge is 2.43. The van der Waals surface area contributed by atoms with Gasteiger partial charge in [0.05, 0.1) is 30.1 Å². The number of nitrogens with two attached hydrogens (primary N) is 1. The fourth-order valence-electron chi connectivity index (χ4n) is 2.36. The number of hydrogen-bond acceptors (Lipinski definition) is 4. The summed E-state index contributed by atoms with van der Waals surface area (Å²) in [6.45, 7) is 6.47. The topological polar surface area (TPSA) is 98.5 Å². The molecule has 1 heterocycles. The van der Waals surface area contributed by atoms with E-state index in [4.69, 9.17) is 10.5 Å². The van der Waals surface area contributed by atoms with Gasteiger partial charge in [-0.15, -0.1) is 0 Å². The molecule has 6 nitrogen and oxygen atoms in total. The van der Waals surface area contributed by atoms with E-state index in [0.717, 1.165) is 5.56 Å². The van der Waals surface area contributed by atoms with E-state index in [1.807, 2.05) is 0 Å². The molecule has 122 valence electrons. The maximum atomic E-state index is 12.5. The summed E-state index contributed by atoms with van der Waals surface area (Å²) in [6, 6.07) is 6.74. The number of ether oxygens (including phenoxy) is 1. The highest BCUT2D eigenvalue weighted by atomic mass is 32.2. The number of benzene rings is 1. The molecule has 0 spiro atoms. The Bertz CT molecular complexity index is 656. The maximum absolute atomic E-state index is 12.5. The van der Waals surface area contributed by atoms with Gasteiger partial charge in [0.1, 0.15) is 0 Å². The Kier molecular flexibility index (Phi) is 4.34. The summed E-state index contributed by atoms with van der Waals surface area (Å²) < 4.78 is 32.5. The lowest BCUT2D eigenvalue weighted by atomic mass is 9.87. The second-order valence-corrected chi connectivity index (χ2v) is 8.48. The minimum Gasteiger partial charge on any atom is -0.377 e. The van der Waals surface area contributed by atoms with Gasteiger partial charge in [-0.25, -0.2) is 8.42 Å². The van der Waals surface area contributed by atoms with E-state index in [2.05, 4.69) is 25.5 Å². The van der Waals surface area contributed by atoms with E-state index < -0.39 is 21.5 Å². The minimum absolute atomic E-state index is 0.0509. The molecule has 0 aromatic heterocycles. The van der Waals surface area contributed by atoms with Gasteiger partial charge < -0.3 is 10.5 Å². The molecule has 2 rings (SSSR count). The molecule has 3 N–H and O–H groups in total. The van der Waals surface area contributed by atoms with Crippen molar-refractivity contribution in [1.29, 1.82) is 0 Å². The third-order valence-corrected chi connectivity index (χ3v) is 5.25. The average molecular weight is 326 g/mol. The van der Waals surface area contributed by atoms with E-state index in [1.54, 1.807) is 24.3 Å². The van der Waals surface area contributed by atoms with Crippen LogP contribution in [-0.2, 0) is 25.0 Å². The predicted octanol–water partition coefficient (Wildman–Crippen LogP) is 0.907. The first kappa shape index (κ1) is 16.9. The Morgan fingerprint density at radius 2 is 1.82 bits per heavy atom. The summed E-state index contributed by atoms with van der Waals surface area (Å²) in [4.78, 5) is 11.3. The molecule has 1 fully saturated rings. The van der Waals surface area contributed by atoms with Gasteiger partial charge in [0.15, 0.2) is 0 Å².